The SMILES string of the molecule is CC(C)(C)OC(=O)N1CCCC(C(=O)O)(c2ccc(F)cc2)C1. The molecule has 0 radical (unpaired) electrons. The number of nitrogens with zero attached hydrogens (tertiary/aromatic N) is 1. The number of benzene rings is 1. The Kier molecular flexibility index (Phi) is 4.63. The normalized spacial score (nSPS) is 21.8. The van der Waals surface area contributed by atoms with Crippen molar-refractivity contribution in [1.82, 2.24) is 4.90 Å². The Balaban J connectivity index is 2.28. The summed E-state index contributed by atoms with van der Waals surface area (Å²) in [6.07, 6.45) is 0.417. The van der Waals surface area contributed by atoms with Crippen molar-refractivity contribution in [3.05, 3.63) is 35.6 Å². The molecule has 0 bridgehead atoms. The number of carboxylic acids is 1. The third kappa shape index (κ3) is 3.81. The van der Waals surface area contributed by atoms with Crippen LogP contribution in [-0.4, -0.2) is 40.8 Å². The Labute approximate surface area is 135 Å². The van der Waals surface area contributed by atoms with Crippen molar-refractivity contribution < 1.29 is 23.8 Å². The second kappa shape index (κ2) is 6.18. The largest absolute Gasteiger partial charge is 0.481 e. The third-order valence-corrected chi connectivity index (χ3v) is 3.95. The van der Waals surface area contributed by atoms with Gasteiger partial charge in [-0.1, -0.05) is 12.1 Å². The molecular weight excluding hydrogens is 301 g/mol. The molecule has 1 saturated heterocycles. The fourth-order valence-corrected chi connectivity index (χ4v) is 2.84. The molecule has 1 fully saturated rings. The molecule has 1 aliphatic heterocycles. The summed E-state index contributed by atoms with van der Waals surface area (Å²) in [5.74, 6) is -1.44. The van der Waals surface area contributed by atoms with Gasteiger partial charge in [-0.3, -0.25) is 4.79 Å². The zero-order chi connectivity index (χ0) is 17.3. The number of hydrogen-bond acceptors (Lipinski definition) is 3. The maximum atomic E-state index is 13.1. The van der Waals surface area contributed by atoms with Gasteiger partial charge in [0.1, 0.15) is 16.8 Å². The van der Waals surface area contributed by atoms with E-state index >= 15 is 0 Å². The first-order valence-corrected chi connectivity index (χ1v) is 7.61. The molecule has 1 aromatic rings. The lowest BCUT2D eigenvalue weighted by atomic mass is 9.74. The minimum Gasteiger partial charge on any atom is -0.481 e. The van der Waals surface area contributed by atoms with E-state index in [2.05, 4.69) is 0 Å². The number of ether oxygens (including phenoxy) is 1. The molecule has 0 aromatic heterocycles. The number of carbonyl (C=O) groups excluding carboxylic acids is 1. The van der Waals surface area contributed by atoms with E-state index in [-0.39, 0.29) is 6.54 Å². The molecule has 6 heteroatoms. The Morgan fingerprint density at radius 2 is 1.87 bits per heavy atom. The second-order valence-electron chi connectivity index (χ2n) is 6.90. The minimum absolute atomic E-state index is 0.0167. The number of halogens is 1. The van der Waals surface area contributed by atoms with Gasteiger partial charge in [0.15, 0.2) is 0 Å². The maximum absolute atomic E-state index is 13.1. The van der Waals surface area contributed by atoms with Gasteiger partial charge in [0.25, 0.3) is 0 Å². The molecule has 1 amide bonds. The predicted molar refractivity (Wildman–Crippen MR) is 82.8 cm³/mol. The van der Waals surface area contributed by atoms with Gasteiger partial charge in [-0.05, 0) is 51.3 Å². The van der Waals surface area contributed by atoms with Crippen molar-refractivity contribution in [2.75, 3.05) is 13.1 Å². The predicted octanol–water partition coefficient (Wildman–Crippen LogP) is 3.18. The molecule has 126 valence electrons. The Hall–Kier alpha value is -2.11. The number of hydrogen-bond donors (Lipinski definition) is 1. The van der Waals surface area contributed by atoms with E-state index < -0.39 is 28.9 Å². The van der Waals surface area contributed by atoms with Crippen LogP contribution in [0.2, 0.25) is 0 Å². The van der Waals surface area contributed by atoms with Crippen LogP contribution in [0.3, 0.4) is 0 Å². The lowest BCUT2D eigenvalue weighted by Crippen LogP contribution is -2.53. The fraction of sp³-hybridized carbons (Fsp3) is 0.529. The van der Waals surface area contributed by atoms with Crippen LogP contribution in [0, 0.1) is 5.82 Å². The quantitative estimate of drug-likeness (QED) is 0.908. The first-order chi connectivity index (χ1) is 10.6. The van der Waals surface area contributed by atoms with Crippen LogP contribution in [0.1, 0.15) is 39.2 Å². The molecule has 1 aromatic carbocycles. The number of carbonyl (C=O) groups is 2. The highest BCUT2D eigenvalue weighted by atomic mass is 19.1. The minimum atomic E-state index is -1.23. The van der Waals surface area contributed by atoms with Gasteiger partial charge >= 0.3 is 12.1 Å². The van der Waals surface area contributed by atoms with Crippen LogP contribution in [0.25, 0.3) is 0 Å². The number of piperidine rings is 1. The number of likely N-dealkylation sites (tertiary alicyclic amines) is 1. The molecule has 23 heavy (non-hydrogen) atoms. The van der Waals surface area contributed by atoms with E-state index in [1.165, 1.54) is 29.2 Å². The summed E-state index contributed by atoms with van der Waals surface area (Å²) in [5, 5.41) is 9.77. The first kappa shape index (κ1) is 17.2. The molecule has 1 N–H and O–H groups in total. The summed E-state index contributed by atoms with van der Waals surface area (Å²) in [5.41, 5.74) is -1.38. The van der Waals surface area contributed by atoms with E-state index in [1.807, 2.05) is 0 Å². The summed E-state index contributed by atoms with van der Waals surface area (Å²) >= 11 is 0. The fourth-order valence-electron chi connectivity index (χ4n) is 2.84. The highest BCUT2D eigenvalue weighted by Crippen LogP contribution is 2.35. The van der Waals surface area contributed by atoms with Gasteiger partial charge in [-0.25, -0.2) is 9.18 Å². The summed E-state index contributed by atoms with van der Waals surface area (Å²) in [6, 6.07) is 5.43. The van der Waals surface area contributed by atoms with Crippen molar-refractivity contribution in [2.24, 2.45) is 0 Å². The van der Waals surface area contributed by atoms with Crippen molar-refractivity contribution in [1.29, 1.82) is 0 Å². The number of amides is 1. The number of carboxylic acid groups (broad SMARTS) is 1. The molecule has 1 heterocycles. The van der Waals surface area contributed by atoms with Crippen LogP contribution in [0.4, 0.5) is 9.18 Å². The monoisotopic (exact) mass is 323 g/mol. The maximum Gasteiger partial charge on any atom is 0.410 e. The lowest BCUT2D eigenvalue weighted by Gasteiger charge is -2.40. The van der Waals surface area contributed by atoms with E-state index in [1.54, 1.807) is 20.8 Å². The lowest BCUT2D eigenvalue weighted by molar-refractivity contribution is -0.146. The van der Waals surface area contributed by atoms with Gasteiger partial charge in [0.05, 0.1) is 0 Å². The molecule has 2 rings (SSSR count). The number of rotatable bonds is 2. The van der Waals surface area contributed by atoms with E-state index in [0.29, 0.717) is 24.9 Å². The highest BCUT2D eigenvalue weighted by Gasteiger charge is 2.45. The topological polar surface area (TPSA) is 66.8 Å². The third-order valence-electron chi connectivity index (χ3n) is 3.95. The smallest absolute Gasteiger partial charge is 0.410 e. The van der Waals surface area contributed by atoms with Gasteiger partial charge in [0, 0.05) is 13.1 Å². The van der Waals surface area contributed by atoms with Crippen molar-refractivity contribution >= 4 is 12.1 Å². The Morgan fingerprint density at radius 1 is 1.26 bits per heavy atom. The second-order valence-corrected chi connectivity index (χ2v) is 6.90. The highest BCUT2D eigenvalue weighted by molar-refractivity contribution is 5.83. The zero-order valence-electron chi connectivity index (χ0n) is 13.6. The van der Waals surface area contributed by atoms with Crippen LogP contribution < -0.4 is 0 Å². The van der Waals surface area contributed by atoms with Crippen molar-refractivity contribution in [3.8, 4) is 0 Å². The standard InChI is InChI=1S/C17H22FNO4/c1-16(2,3)23-15(22)19-10-4-9-17(11-19,14(20)21)12-5-7-13(18)8-6-12/h5-8H,4,9-11H2,1-3H3,(H,20,21). The van der Waals surface area contributed by atoms with Crippen LogP contribution in [0.15, 0.2) is 24.3 Å². The van der Waals surface area contributed by atoms with E-state index in [0.717, 1.165) is 0 Å². The van der Waals surface area contributed by atoms with Crippen LogP contribution >= 0.6 is 0 Å². The molecule has 1 unspecified atom stereocenters. The molecule has 1 aliphatic rings. The molecule has 5 nitrogen and oxygen atoms in total. The van der Waals surface area contributed by atoms with Crippen molar-refractivity contribution in [3.63, 3.8) is 0 Å². The molecule has 1 atom stereocenters. The van der Waals surface area contributed by atoms with Crippen molar-refractivity contribution in [2.45, 2.75) is 44.6 Å². The number of aliphatic carboxylic acids is 1. The molecule has 0 aliphatic carbocycles. The van der Waals surface area contributed by atoms with E-state index in [4.69, 9.17) is 4.74 Å². The Bertz CT molecular complexity index is 594. The first-order valence-electron chi connectivity index (χ1n) is 7.61. The van der Waals surface area contributed by atoms with Gasteiger partial charge in [-0.15, -0.1) is 0 Å². The zero-order valence-corrected chi connectivity index (χ0v) is 13.6. The van der Waals surface area contributed by atoms with E-state index in [9.17, 15) is 19.1 Å². The summed E-state index contributed by atoms with van der Waals surface area (Å²) in [6.45, 7) is 5.76. The van der Waals surface area contributed by atoms with Crippen LogP contribution in [0.5, 0.6) is 0 Å². The van der Waals surface area contributed by atoms with Gasteiger partial charge < -0.3 is 14.7 Å². The molecule has 0 spiro atoms. The molecular formula is C17H22FNO4. The van der Waals surface area contributed by atoms with Gasteiger partial charge in [0.2, 0.25) is 0 Å². The average molecular weight is 323 g/mol. The van der Waals surface area contributed by atoms with Gasteiger partial charge in [-0.2, -0.15) is 0 Å². The molecule has 0 saturated carbocycles. The summed E-state index contributed by atoms with van der Waals surface area (Å²) in [7, 11) is 0. The summed E-state index contributed by atoms with van der Waals surface area (Å²) < 4.78 is 18.5. The van der Waals surface area contributed by atoms with Crippen LogP contribution in [-0.2, 0) is 14.9 Å². The average Bonchev–Trinajstić information content (AvgIpc) is 2.46. The summed E-state index contributed by atoms with van der Waals surface area (Å²) in [4.78, 5) is 25.6. The Morgan fingerprint density at radius 3 is 2.39 bits per heavy atom.